The second kappa shape index (κ2) is 3.77. The topological polar surface area (TPSA) is 64.3 Å². The molecule has 0 aliphatic carbocycles. The summed E-state index contributed by atoms with van der Waals surface area (Å²) in [6, 6.07) is 0. The molecule has 1 aliphatic rings. The zero-order valence-electron chi connectivity index (χ0n) is 6.46. The summed E-state index contributed by atoms with van der Waals surface area (Å²) in [6.07, 6.45) is 0. The van der Waals surface area contributed by atoms with Gasteiger partial charge in [0.2, 0.25) is 0 Å². The normalized spacial score (nSPS) is 22.4. The van der Waals surface area contributed by atoms with E-state index < -0.39 is 16.6 Å². The van der Waals surface area contributed by atoms with Crippen molar-refractivity contribution < 1.29 is 13.9 Å². The molecule has 0 saturated carbocycles. The molecule has 0 spiro atoms. The Balaban J connectivity index is 2.62. The fourth-order valence-corrected chi connectivity index (χ4v) is 1.40. The van der Waals surface area contributed by atoms with Crippen molar-refractivity contribution in [2.75, 3.05) is 6.61 Å². The number of nitrogens with two attached hydrogens (primary N) is 1. The van der Waals surface area contributed by atoms with Crippen LogP contribution in [0.1, 0.15) is 6.92 Å². The molecule has 0 saturated heterocycles. The van der Waals surface area contributed by atoms with E-state index in [1.54, 1.807) is 6.92 Å². The third-order valence-corrected chi connectivity index (χ3v) is 1.98. The fraction of sp³-hybridized carbons (Fsp3) is 0.500. The van der Waals surface area contributed by atoms with Gasteiger partial charge in [0.15, 0.2) is 10.9 Å². The molecule has 0 radical (unpaired) electrons. The van der Waals surface area contributed by atoms with Gasteiger partial charge in [0.25, 0.3) is 0 Å². The van der Waals surface area contributed by atoms with E-state index in [-0.39, 0.29) is 12.3 Å². The van der Waals surface area contributed by atoms with Crippen LogP contribution in [0, 0.1) is 0 Å². The Kier molecular flexibility index (Phi) is 2.93. The molecule has 0 amide bonds. The summed E-state index contributed by atoms with van der Waals surface area (Å²) in [4.78, 5) is 10.9. The summed E-state index contributed by atoms with van der Waals surface area (Å²) in [6.45, 7) is 1.87. The summed E-state index contributed by atoms with van der Waals surface area (Å²) >= 11 is 0.761. The Morgan fingerprint density at radius 3 is 3.00 bits per heavy atom. The molecular formula is C6H9FN2O2S. The number of halogens is 1. The largest absolute Gasteiger partial charge is 0.461 e. The molecule has 1 aliphatic heterocycles. The Labute approximate surface area is 73.3 Å². The minimum absolute atomic E-state index is 0.172. The summed E-state index contributed by atoms with van der Waals surface area (Å²) in [5.74, 6) is -0.699. The van der Waals surface area contributed by atoms with Crippen LogP contribution in [0.3, 0.4) is 0 Å². The van der Waals surface area contributed by atoms with Gasteiger partial charge in [0.1, 0.15) is 5.50 Å². The van der Waals surface area contributed by atoms with Crippen LogP contribution in [0.2, 0.25) is 0 Å². The molecule has 0 aromatic carbocycles. The zero-order valence-corrected chi connectivity index (χ0v) is 7.28. The lowest BCUT2D eigenvalue weighted by Crippen LogP contribution is -2.32. The summed E-state index contributed by atoms with van der Waals surface area (Å²) in [7, 11) is 0. The number of carbonyl (C=O) groups excluding carboxylic acids is 1. The van der Waals surface area contributed by atoms with Gasteiger partial charge in [-0.25, -0.2) is 4.79 Å². The molecule has 1 atom stereocenters. The second-order valence-corrected chi connectivity index (χ2v) is 3.15. The Hall–Kier alpha value is -0.750. The number of hydrogen-bond acceptors (Lipinski definition) is 5. The monoisotopic (exact) mass is 192 g/mol. The highest BCUT2D eigenvalue weighted by Gasteiger charge is 2.27. The van der Waals surface area contributed by atoms with E-state index in [0.717, 1.165) is 11.8 Å². The molecule has 3 N–H and O–H groups in total. The van der Waals surface area contributed by atoms with Crippen LogP contribution in [0.15, 0.2) is 10.9 Å². The van der Waals surface area contributed by atoms with Crippen molar-refractivity contribution in [1.82, 2.24) is 5.32 Å². The smallest absolute Gasteiger partial charge is 0.358 e. The van der Waals surface area contributed by atoms with Crippen molar-refractivity contribution in [3.63, 3.8) is 0 Å². The van der Waals surface area contributed by atoms with Crippen LogP contribution in [0.4, 0.5) is 4.39 Å². The van der Waals surface area contributed by atoms with Gasteiger partial charge in [0, 0.05) is 0 Å². The van der Waals surface area contributed by atoms with Gasteiger partial charge >= 0.3 is 5.97 Å². The number of nitrogens with one attached hydrogen (secondary N) is 1. The van der Waals surface area contributed by atoms with Gasteiger partial charge in [-0.1, -0.05) is 11.8 Å². The number of carbonyl (C=O) groups is 1. The molecule has 12 heavy (non-hydrogen) atoms. The van der Waals surface area contributed by atoms with Gasteiger partial charge in [0.05, 0.1) is 6.61 Å². The van der Waals surface area contributed by atoms with E-state index >= 15 is 0 Å². The average Bonchev–Trinajstić information content (AvgIpc) is 2.30. The SMILES string of the molecule is CCOC(=O)C1=C(F)SC(N)N1. The lowest BCUT2D eigenvalue weighted by atomic mass is 10.5. The zero-order chi connectivity index (χ0) is 9.14. The van der Waals surface area contributed by atoms with E-state index in [2.05, 4.69) is 10.1 Å². The Bertz CT molecular complexity index is 232. The van der Waals surface area contributed by atoms with E-state index in [9.17, 15) is 9.18 Å². The van der Waals surface area contributed by atoms with Crippen LogP contribution in [0.5, 0.6) is 0 Å². The molecular weight excluding hydrogens is 183 g/mol. The van der Waals surface area contributed by atoms with Crippen molar-refractivity contribution in [3.8, 4) is 0 Å². The third-order valence-electron chi connectivity index (χ3n) is 1.19. The van der Waals surface area contributed by atoms with Gasteiger partial charge in [-0.3, -0.25) is 0 Å². The molecule has 0 bridgehead atoms. The third kappa shape index (κ3) is 1.89. The quantitative estimate of drug-likeness (QED) is 0.615. The predicted octanol–water partition coefficient (Wildman–Crippen LogP) is 0.267. The van der Waals surface area contributed by atoms with E-state index in [1.165, 1.54) is 0 Å². The first-order valence-corrected chi connectivity index (χ1v) is 4.28. The molecule has 68 valence electrons. The lowest BCUT2D eigenvalue weighted by Gasteiger charge is -2.04. The van der Waals surface area contributed by atoms with Crippen LogP contribution in [-0.4, -0.2) is 18.1 Å². The second-order valence-electron chi connectivity index (χ2n) is 2.05. The number of rotatable bonds is 2. The maximum Gasteiger partial charge on any atom is 0.358 e. The van der Waals surface area contributed by atoms with Gasteiger partial charge in [-0.15, -0.1) is 0 Å². The van der Waals surface area contributed by atoms with E-state index in [1.807, 2.05) is 0 Å². The van der Waals surface area contributed by atoms with Gasteiger partial charge in [-0.2, -0.15) is 4.39 Å². The van der Waals surface area contributed by atoms with Crippen molar-refractivity contribution in [3.05, 3.63) is 10.9 Å². The highest BCUT2D eigenvalue weighted by Crippen LogP contribution is 2.28. The highest BCUT2D eigenvalue weighted by atomic mass is 32.2. The van der Waals surface area contributed by atoms with Crippen LogP contribution in [0.25, 0.3) is 0 Å². The fourth-order valence-electron chi connectivity index (χ4n) is 0.741. The number of thioether (sulfide) groups is 1. The lowest BCUT2D eigenvalue weighted by molar-refractivity contribution is -0.139. The summed E-state index contributed by atoms with van der Waals surface area (Å²) in [5.41, 5.74) is 4.55. The molecule has 1 unspecified atom stereocenters. The standard InChI is InChI=1S/C6H9FN2O2S/c1-2-11-5(10)3-4(7)12-6(8)9-3/h6,9H,2,8H2,1H3. The highest BCUT2D eigenvalue weighted by molar-refractivity contribution is 8.03. The first-order chi connectivity index (χ1) is 5.65. The van der Waals surface area contributed by atoms with E-state index in [0.29, 0.717) is 0 Å². The Morgan fingerprint density at radius 2 is 2.58 bits per heavy atom. The molecule has 6 heteroatoms. The van der Waals surface area contributed by atoms with Crippen molar-refractivity contribution in [2.24, 2.45) is 5.73 Å². The minimum Gasteiger partial charge on any atom is -0.461 e. The van der Waals surface area contributed by atoms with Crippen molar-refractivity contribution in [1.29, 1.82) is 0 Å². The number of ether oxygens (including phenoxy) is 1. The first-order valence-electron chi connectivity index (χ1n) is 3.40. The molecule has 0 aromatic heterocycles. The average molecular weight is 192 g/mol. The predicted molar refractivity (Wildman–Crippen MR) is 43.5 cm³/mol. The van der Waals surface area contributed by atoms with Crippen molar-refractivity contribution >= 4 is 17.7 Å². The van der Waals surface area contributed by atoms with Crippen molar-refractivity contribution in [2.45, 2.75) is 12.4 Å². The maximum atomic E-state index is 12.8. The first kappa shape index (κ1) is 9.34. The molecule has 0 fully saturated rings. The molecule has 1 rings (SSSR count). The van der Waals surface area contributed by atoms with E-state index in [4.69, 9.17) is 5.73 Å². The Morgan fingerprint density at radius 1 is 1.92 bits per heavy atom. The van der Waals surface area contributed by atoms with Gasteiger partial charge in [-0.05, 0) is 6.92 Å². The van der Waals surface area contributed by atoms with Crippen LogP contribution < -0.4 is 11.1 Å². The van der Waals surface area contributed by atoms with Crippen LogP contribution in [-0.2, 0) is 9.53 Å². The minimum atomic E-state index is -0.699. The van der Waals surface area contributed by atoms with Crippen LogP contribution >= 0.6 is 11.8 Å². The molecule has 1 heterocycles. The van der Waals surface area contributed by atoms with Gasteiger partial charge < -0.3 is 15.8 Å². The molecule has 4 nitrogen and oxygen atoms in total. The summed E-state index contributed by atoms with van der Waals surface area (Å²) < 4.78 is 17.4. The number of hydrogen-bond donors (Lipinski definition) is 2. The maximum absolute atomic E-state index is 12.8. The summed E-state index contributed by atoms with van der Waals surface area (Å²) in [5, 5.41) is 1.85. The number of esters is 1. The molecule has 0 aromatic rings.